The Morgan fingerprint density at radius 3 is 2.44 bits per heavy atom. The second-order valence-electron chi connectivity index (χ2n) is 3.52. The molecule has 5 nitrogen and oxygen atoms in total. The zero-order chi connectivity index (χ0) is 11.6. The van der Waals surface area contributed by atoms with E-state index < -0.39 is 16.1 Å². The molecule has 86 valence electrons. The highest BCUT2D eigenvalue weighted by molar-refractivity contribution is 7.90. The van der Waals surface area contributed by atoms with Gasteiger partial charge in [-0.2, -0.15) is 0 Å². The molecule has 1 aromatic carbocycles. The van der Waals surface area contributed by atoms with E-state index in [1.54, 1.807) is 18.2 Å². The highest BCUT2D eigenvalue weighted by Crippen LogP contribution is 2.23. The molecule has 0 unspecified atom stereocenters. The number of nitrogens with one attached hydrogen (secondary N) is 1. The van der Waals surface area contributed by atoms with Crippen LogP contribution in [0.15, 0.2) is 35.2 Å². The van der Waals surface area contributed by atoms with Crippen molar-refractivity contribution in [2.45, 2.75) is 23.8 Å². The fourth-order valence-electron chi connectivity index (χ4n) is 1.13. The lowest BCUT2D eigenvalue weighted by molar-refractivity contribution is 0.145. The molecular weight excluding hydrogens is 230 g/mol. The average Bonchev–Trinajstić information content (AvgIpc) is 3.02. The number of rotatable bonds is 3. The first-order chi connectivity index (χ1) is 7.58. The molecule has 6 heteroatoms. The molecule has 0 bridgehead atoms. The molecule has 1 aromatic rings. The van der Waals surface area contributed by atoms with Crippen molar-refractivity contribution in [3.8, 4) is 0 Å². The third-order valence-corrected chi connectivity index (χ3v) is 3.40. The first kappa shape index (κ1) is 10.9. The summed E-state index contributed by atoms with van der Waals surface area (Å²) < 4.78 is 29.9. The van der Waals surface area contributed by atoms with Gasteiger partial charge in [-0.05, 0) is 25.0 Å². The van der Waals surface area contributed by atoms with Crippen LogP contribution in [-0.2, 0) is 14.8 Å². The first-order valence-electron chi connectivity index (χ1n) is 4.86. The number of amides is 1. The Bertz CT molecular complexity index is 479. The predicted octanol–water partition coefficient (Wildman–Crippen LogP) is 1.26. The molecule has 2 rings (SSSR count). The molecule has 1 amide bonds. The van der Waals surface area contributed by atoms with Crippen molar-refractivity contribution in [3.05, 3.63) is 30.3 Å². The van der Waals surface area contributed by atoms with Gasteiger partial charge in [0.05, 0.1) is 4.90 Å². The smallest absolute Gasteiger partial charge is 0.421 e. The van der Waals surface area contributed by atoms with Crippen molar-refractivity contribution in [3.63, 3.8) is 0 Å². The molecule has 1 fully saturated rings. The van der Waals surface area contributed by atoms with E-state index in [9.17, 15) is 13.2 Å². The summed E-state index contributed by atoms with van der Waals surface area (Å²) in [7, 11) is -3.80. The number of carbonyl (C=O) groups is 1. The summed E-state index contributed by atoms with van der Waals surface area (Å²) in [5.74, 6) is 0. The fourth-order valence-corrected chi connectivity index (χ4v) is 2.03. The molecule has 0 atom stereocenters. The second kappa shape index (κ2) is 4.13. The molecule has 1 aliphatic rings. The van der Waals surface area contributed by atoms with Gasteiger partial charge in [0.2, 0.25) is 0 Å². The first-order valence-corrected chi connectivity index (χ1v) is 6.35. The summed E-state index contributed by atoms with van der Waals surface area (Å²) in [5.41, 5.74) is 0. The van der Waals surface area contributed by atoms with E-state index in [-0.39, 0.29) is 11.0 Å². The van der Waals surface area contributed by atoms with Gasteiger partial charge in [0.1, 0.15) is 6.10 Å². The van der Waals surface area contributed by atoms with Gasteiger partial charge < -0.3 is 4.74 Å². The van der Waals surface area contributed by atoms with Gasteiger partial charge in [0, 0.05) is 0 Å². The van der Waals surface area contributed by atoms with E-state index in [0.717, 1.165) is 12.8 Å². The molecule has 1 saturated carbocycles. The molecule has 1 aliphatic carbocycles. The minimum absolute atomic E-state index is 0.0442. The number of sulfonamides is 1. The van der Waals surface area contributed by atoms with E-state index in [1.165, 1.54) is 12.1 Å². The number of benzene rings is 1. The maximum Gasteiger partial charge on any atom is 0.421 e. The lowest BCUT2D eigenvalue weighted by Crippen LogP contribution is -2.31. The molecule has 0 saturated heterocycles. The third kappa shape index (κ3) is 2.73. The highest BCUT2D eigenvalue weighted by Gasteiger charge is 2.28. The minimum atomic E-state index is -3.80. The Morgan fingerprint density at radius 1 is 1.25 bits per heavy atom. The van der Waals surface area contributed by atoms with E-state index in [4.69, 9.17) is 4.74 Å². The average molecular weight is 241 g/mol. The lowest BCUT2D eigenvalue weighted by Gasteiger charge is -2.06. The Kier molecular flexibility index (Phi) is 2.82. The second-order valence-corrected chi connectivity index (χ2v) is 5.21. The molecular formula is C10H11NO4S. The van der Waals surface area contributed by atoms with E-state index >= 15 is 0 Å². The Labute approximate surface area is 93.5 Å². The van der Waals surface area contributed by atoms with E-state index in [2.05, 4.69) is 0 Å². The SMILES string of the molecule is O=C(NS(=O)(=O)c1ccccc1)OC1CC1. The summed E-state index contributed by atoms with van der Waals surface area (Å²) in [4.78, 5) is 11.2. The summed E-state index contributed by atoms with van der Waals surface area (Å²) in [6.45, 7) is 0. The van der Waals surface area contributed by atoms with Crippen LogP contribution in [0.5, 0.6) is 0 Å². The van der Waals surface area contributed by atoms with Crippen molar-refractivity contribution >= 4 is 16.1 Å². The van der Waals surface area contributed by atoms with Crippen molar-refractivity contribution in [1.29, 1.82) is 0 Å². The van der Waals surface area contributed by atoms with Crippen LogP contribution in [0.1, 0.15) is 12.8 Å². The molecule has 16 heavy (non-hydrogen) atoms. The zero-order valence-electron chi connectivity index (χ0n) is 8.42. The van der Waals surface area contributed by atoms with Crippen LogP contribution in [0, 0.1) is 0 Å². The Balaban J connectivity index is 2.05. The monoisotopic (exact) mass is 241 g/mol. The maximum atomic E-state index is 11.6. The summed E-state index contributed by atoms with van der Waals surface area (Å²) in [5, 5.41) is 0. The van der Waals surface area contributed by atoms with Gasteiger partial charge in [-0.3, -0.25) is 0 Å². The van der Waals surface area contributed by atoms with Crippen molar-refractivity contribution in [2.24, 2.45) is 0 Å². The highest BCUT2D eigenvalue weighted by atomic mass is 32.2. The van der Waals surface area contributed by atoms with Gasteiger partial charge in [-0.1, -0.05) is 18.2 Å². The molecule has 0 aliphatic heterocycles. The molecule has 0 spiro atoms. The topological polar surface area (TPSA) is 72.5 Å². The molecule has 1 N–H and O–H groups in total. The zero-order valence-corrected chi connectivity index (χ0v) is 9.24. The minimum Gasteiger partial charge on any atom is -0.446 e. The van der Waals surface area contributed by atoms with E-state index in [0.29, 0.717) is 0 Å². The quantitative estimate of drug-likeness (QED) is 0.864. The largest absolute Gasteiger partial charge is 0.446 e. The van der Waals surface area contributed by atoms with Crippen molar-refractivity contribution in [2.75, 3.05) is 0 Å². The third-order valence-electron chi connectivity index (χ3n) is 2.07. The van der Waals surface area contributed by atoms with Gasteiger partial charge in [0.15, 0.2) is 0 Å². The lowest BCUT2D eigenvalue weighted by atomic mass is 10.4. The summed E-state index contributed by atoms with van der Waals surface area (Å²) in [6.07, 6.45) is 0.578. The number of carbonyl (C=O) groups excluding carboxylic acids is 1. The molecule has 0 heterocycles. The van der Waals surface area contributed by atoms with Crippen LogP contribution >= 0.6 is 0 Å². The van der Waals surface area contributed by atoms with Crippen LogP contribution in [0.25, 0.3) is 0 Å². The summed E-state index contributed by atoms with van der Waals surface area (Å²) in [6, 6.07) is 7.68. The standard InChI is InChI=1S/C10H11NO4S/c12-10(15-8-6-7-8)11-16(13,14)9-4-2-1-3-5-9/h1-5,8H,6-7H2,(H,11,12). The van der Waals surface area contributed by atoms with Gasteiger partial charge in [-0.25, -0.2) is 17.9 Å². The molecule has 0 aromatic heterocycles. The van der Waals surface area contributed by atoms with Crippen LogP contribution in [-0.4, -0.2) is 20.6 Å². The van der Waals surface area contributed by atoms with Crippen LogP contribution in [0.2, 0.25) is 0 Å². The number of ether oxygens (including phenoxy) is 1. The van der Waals surface area contributed by atoms with Crippen LogP contribution in [0.3, 0.4) is 0 Å². The number of hydrogen-bond acceptors (Lipinski definition) is 4. The van der Waals surface area contributed by atoms with Crippen molar-refractivity contribution < 1.29 is 17.9 Å². The maximum absolute atomic E-state index is 11.6. The van der Waals surface area contributed by atoms with Gasteiger partial charge in [0.25, 0.3) is 10.0 Å². The van der Waals surface area contributed by atoms with Gasteiger partial charge in [-0.15, -0.1) is 0 Å². The summed E-state index contributed by atoms with van der Waals surface area (Å²) >= 11 is 0. The normalized spacial score (nSPS) is 15.5. The van der Waals surface area contributed by atoms with Crippen molar-refractivity contribution in [1.82, 2.24) is 4.72 Å². The number of hydrogen-bond donors (Lipinski definition) is 1. The fraction of sp³-hybridized carbons (Fsp3) is 0.300. The Hall–Kier alpha value is -1.56. The van der Waals surface area contributed by atoms with Crippen LogP contribution < -0.4 is 4.72 Å². The predicted molar refractivity (Wildman–Crippen MR) is 56.3 cm³/mol. The molecule has 0 radical (unpaired) electrons. The van der Waals surface area contributed by atoms with Gasteiger partial charge >= 0.3 is 6.09 Å². The van der Waals surface area contributed by atoms with Crippen LogP contribution in [0.4, 0.5) is 4.79 Å². The Morgan fingerprint density at radius 2 is 1.88 bits per heavy atom. The van der Waals surface area contributed by atoms with E-state index in [1.807, 2.05) is 4.72 Å².